The molecule has 2 heterocycles. The molecule has 6 saturated carbocycles. The number of carbonyl (C=O) groups excluding carboxylic acids is 1. The molecular weight excluding hydrogens is 416 g/mol. The second-order valence-electron chi connectivity index (χ2n) is 12.2. The zero-order valence-corrected chi connectivity index (χ0v) is 18.5. The molecule has 0 N–H and O–H groups in total. The topological polar surface area (TPSA) is 54.0 Å². The van der Waals surface area contributed by atoms with Crippen molar-refractivity contribution in [2.24, 2.45) is 64.1 Å². The summed E-state index contributed by atoms with van der Waals surface area (Å²) in [5.41, 5.74) is 2.05. The summed E-state index contributed by atoms with van der Waals surface area (Å²) in [5, 5.41) is 0. The SMILES string of the molecule is O=C1[C@H]2[C@@H]3C[C@@H]4[C@H]2C2(OCCO2)[C@@]25[C@@H]4[C@@H]3[C@@]12[C@H](C1OCCO1)[C@H]1C[C@@H]5C=C1c1ccccc1. The van der Waals surface area contributed by atoms with Gasteiger partial charge in [0.05, 0.1) is 31.8 Å². The van der Waals surface area contributed by atoms with Crippen molar-refractivity contribution < 1.29 is 23.7 Å². The second kappa shape index (κ2) is 5.18. The van der Waals surface area contributed by atoms with Crippen molar-refractivity contribution in [3.05, 3.63) is 42.0 Å². The van der Waals surface area contributed by atoms with Gasteiger partial charge >= 0.3 is 0 Å². The summed E-state index contributed by atoms with van der Waals surface area (Å²) in [4.78, 5) is 14.7. The van der Waals surface area contributed by atoms with Crippen LogP contribution in [0.25, 0.3) is 5.57 Å². The third kappa shape index (κ3) is 1.41. The fourth-order valence-electron chi connectivity index (χ4n) is 12.5. The Hall–Kier alpha value is -1.53. The lowest BCUT2D eigenvalue weighted by Crippen LogP contribution is -2.81. The van der Waals surface area contributed by atoms with E-state index in [0.717, 1.165) is 6.42 Å². The van der Waals surface area contributed by atoms with Gasteiger partial charge in [-0.05, 0) is 59.5 Å². The molecule has 5 heteroatoms. The monoisotopic (exact) mass is 444 g/mol. The first-order valence-electron chi connectivity index (χ1n) is 13.1. The van der Waals surface area contributed by atoms with Crippen LogP contribution in [0.15, 0.2) is 36.4 Å². The van der Waals surface area contributed by atoms with Crippen molar-refractivity contribution in [2.45, 2.75) is 24.9 Å². The van der Waals surface area contributed by atoms with Crippen LogP contribution < -0.4 is 0 Å². The molecule has 11 atom stereocenters. The van der Waals surface area contributed by atoms with Crippen molar-refractivity contribution in [3.8, 4) is 0 Å². The van der Waals surface area contributed by atoms with Gasteiger partial charge in [-0.2, -0.15) is 0 Å². The highest BCUT2D eigenvalue weighted by atomic mass is 16.7. The molecule has 2 saturated heterocycles. The number of benzene rings is 1. The Morgan fingerprint density at radius 2 is 1.61 bits per heavy atom. The number of ether oxygens (including phenoxy) is 4. The molecule has 10 rings (SSSR count). The van der Waals surface area contributed by atoms with Crippen LogP contribution in [0.1, 0.15) is 18.4 Å². The Balaban J connectivity index is 1.29. The number of ketones is 1. The number of hydrogen-bond acceptors (Lipinski definition) is 5. The first kappa shape index (κ1) is 17.8. The Morgan fingerprint density at radius 3 is 2.39 bits per heavy atom. The number of rotatable bonds is 2. The molecule has 0 radical (unpaired) electrons. The van der Waals surface area contributed by atoms with E-state index in [1.165, 1.54) is 17.6 Å². The van der Waals surface area contributed by atoms with E-state index in [9.17, 15) is 4.79 Å². The lowest BCUT2D eigenvalue weighted by atomic mass is 9.28. The Kier molecular flexibility index (Phi) is 2.80. The lowest BCUT2D eigenvalue weighted by molar-refractivity contribution is -0.380. The lowest BCUT2D eigenvalue weighted by Gasteiger charge is -2.74. The van der Waals surface area contributed by atoms with Gasteiger partial charge in [0.2, 0.25) is 0 Å². The van der Waals surface area contributed by atoms with Crippen LogP contribution in [0.4, 0.5) is 0 Å². The van der Waals surface area contributed by atoms with Gasteiger partial charge in [-0.3, -0.25) is 4.79 Å². The van der Waals surface area contributed by atoms with E-state index in [2.05, 4.69) is 36.4 Å². The molecule has 8 fully saturated rings. The molecule has 9 aliphatic rings. The number of allylic oxidation sites excluding steroid dienone is 2. The van der Waals surface area contributed by atoms with E-state index in [0.29, 0.717) is 67.7 Å². The van der Waals surface area contributed by atoms with E-state index in [4.69, 9.17) is 18.9 Å². The molecule has 1 aromatic rings. The van der Waals surface area contributed by atoms with Crippen molar-refractivity contribution in [2.75, 3.05) is 26.4 Å². The summed E-state index contributed by atoms with van der Waals surface area (Å²) in [5.74, 6) is 3.24. The minimum atomic E-state index is -0.572. The zero-order chi connectivity index (χ0) is 21.3. The van der Waals surface area contributed by atoms with E-state index < -0.39 is 11.2 Å². The van der Waals surface area contributed by atoms with Crippen LogP contribution >= 0.6 is 0 Å². The summed E-state index contributed by atoms with van der Waals surface area (Å²) in [6.07, 6.45) is 4.54. The van der Waals surface area contributed by atoms with Crippen molar-refractivity contribution in [1.82, 2.24) is 0 Å². The highest BCUT2D eigenvalue weighted by Gasteiger charge is 3.03. The smallest absolute Gasteiger partial charge is 0.179 e. The molecule has 170 valence electrons. The van der Waals surface area contributed by atoms with E-state index in [-0.39, 0.29) is 29.5 Å². The Labute approximate surface area is 192 Å². The van der Waals surface area contributed by atoms with E-state index in [1.54, 1.807) is 0 Å². The standard InChI is InChI=1S/C28H28O5/c29-24-19-17-12-18-20(19)28(32-8-9-33-28)27-14-10-15(13-4-2-1-3-5-13)16(11-14)23(25-30-6-7-31-25)26(24,27)21(17)22(18)27/h1-5,10,14,16-23,25H,6-9,11-12H2/t14-,16-,17-,18+,19-,20+,21+,22-,23-,26+,27-/m0/s1. The molecular formula is C28H28O5. The van der Waals surface area contributed by atoms with E-state index in [1.807, 2.05) is 0 Å². The molecule has 2 aliphatic heterocycles. The molecule has 4 bridgehead atoms. The van der Waals surface area contributed by atoms with Crippen LogP contribution in [-0.2, 0) is 23.7 Å². The van der Waals surface area contributed by atoms with Crippen LogP contribution in [0.2, 0.25) is 0 Å². The molecule has 1 aromatic carbocycles. The number of fused-ring (bicyclic) bond motifs is 4. The maximum Gasteiger partial charge on any atom is 0.179 e. The normalized spacial score (nSPS) is 57.4. The third-order valence-corrected chi connectivity index (χ3v) is 12.2. The summed E-state index contributed by atoms with van der Waals surface area (Å²) >= 11 is 0. The largest absolute Gasteiger partial charge is 0.350 e. The van der Waals surface area contributed by atoms with Crippen LogP contribution in [0.3, 0.4) is 0 Å². The zero-order valence-electron chi connectivity index (χ0n) is 18.5. The van der Waals surface area contributed by atoms with Crippen LogP contribution in [-0.4, -0.2) is 44.3 Å². The van der Waals surface area contributed by atoms with Gasteiger partial charge in [-0.15, -0.1) is 0 Å². The third-order valence-electron chi connectivity index (χ3n) is 12.2. The van der Waals surface area contributed by atoms with Gasteiger partial charge in [0, 0.05) is 23.2 Å². The predicted octanol–water partition coefficient (Wildman–Crippen LogP) is 3.15. The van der Waals surface area contributed by atoms with Gasteiger partial charge in [0.1, 0.15) is 5.78 Å². The van der Waals surface area contributed by atoms with Gasteiger partial charge in [0.25, 0.3) is 0 Å². The Bertz CT molecular complexity index is 1150. The molecule has 33 heavy (non-hydrogen) atoms. The highest BCUT2D eigenvalue weighted by Crippen LogP contribution is 2.99. The average molecular weight is 445 g/mol. The first-order valence-corrected chi connectivity index (χ1v) is 13.1. The maximum absolute atomic E-state index is 14.7. The van der Waals surface area contributed by atoms with Crippen molar-refractivity contribution in [1.29, 1.82) is 0 Å². The minimum absolute atomic E-state index is 0.0638. The number of carbonyl (C=O) groups is 1. The van der Waals surface area contributed by atoms with Gasteiger partial charge in [-0.25, -0.2) is 0 Å². The maximum atomic E-state index is 14.7. The summed E-state index contributed by atoms with van der Waals surface area (Å²) < 4.78 is 26.2. The van der Waals surface area contributed by atoms with Crippen LogP contribution in [0.5, 0.6) is 0 Å². The highest BCUT2D eigenvalue weighted by molar-refractivity contribution is 5.98. The van der Waals surface area contributed by atoms with Gasteiger partial charge < -0.3 is 18.9 Å². The van der Waals surface area contributed by atoms with Gasteiger partial charge in [-0.1, -0.05) is 36.4 Å². The average Bonchev–Trinajstić information content (AvgIpc) is 3.64. The minimum Gasteiger partial charge on any atom is -0.350 e. The van der Waals surface area contributed by atoms with Crippen molar-refractivity contribution in [3.63, 3.8) is 0 Å². The summed E-state index contributed by atoms with van der Waals surface area (Å²) in [7, 11) is 0. The molecule has 0 unspecified atom stereocenters. The van der Waals surface area contributed by atoms with Gasteiger partial charge in [0.15, 0.2) is 12.1 Å². The quantitative estimate of drug-likeness (QED) is 0.702. The molecule has 3 spiro atoms. The first-order chi connectivity index (χ1) is 16.3. The van der Waals surface area contributed by atoms with Crippen molar-refractivity contribution >= 4 is 11.4 Å². The molecule has 0 amide bonds. The second-order valence-corrected chi connectivity index (χ2v) is 12.2. The molecule has 0 aromatic heterocycles. The van der Waals surface area contributed by atoms with Crippen LogP contribution in [0, 0.1) is 64.1 Å². The fourth-order valence-corrected chi connectivity index (χ4v) is 12.5. The predicted molar refractivity (Wildman–Crippen MR) is 115 cm³/mol. The fraction of sp³-hybridized carbons (Fsp3) is 0.679. The summed E-state index contributed by atoms with van der Waals surface area (Å²) in [6.45, 7) is 2.58. The molecule has 5 nitrogen and oxygen atoms in total. The summed E-state index contributed by atoms with van der Waals surface area (Å²) in [6, 6.07) is 10.8. The Morgan fingerprint density at radius 1 is 0.818 bits per heavy atom. The number of hydrogen-bond donors (Lipinski definition) is 0. The molecule has 7 aliphatic carbocycles. The van der Waals surface area contributed by atoms with E-state index >= 15 is 0 Å². The number of Topliss-reactive ketones (excluding diaryl/α,β-unsaturated/α-hetero) is 1.